The lowest BCUT2D eigenvalue weighted by Gasteiger charge is -2.24. The third kappa shape index (κ3) is 27.1. The van der Waals surface area contributed by atoms with Crippen LogP contribution in [0.1, 0.15) is 158 Å². The van der Waals surface area contributed by atoms with Crippen LogP contribution in [0.15, 0.2) is 28.7 Å². The number of furan rings is 1. The number of hydrogen-bond donors (Lipinski definition) is 1. The van der Waals surface area contributed by atoms with E-state index in [1.165, 1.54) is 11.1 Å². The Morgan fingerprint density at radius 3 is 1.95 bits per heavy atom. The summed E-state index contributed by atoms with van der Waals surface area (Å²) in [5.74, 6) is 1.50. The molecule has 1 rings (SSSR count). The van der Waals surface area contributed by atoms with Crippen molar-refractivity contribution in [3.05, 3.63) is 47.0 Å². The summed E-state index contributed by atoms with van der Waals surface area (Å²) in [7, 11) is 1.39. The molecule has 1 aromatic rings. The molecule has 0 aromatic carbocycles. The Hall–Kier alpha value is -2.56. The number of phosphoric ester groups is 1. The fourth-order valence-electron chi connectivity index (χ4n) is 5.98. The number of phosphoric acid groups is 1. The van der Waals surface area contributed by atoms with Crippen molar-refractivity contribution < 1.29 is 51.3 Å². The topological polar surface area (TPSA) is 139 Å². The van der Waals surface area contributed by atoms with Crippen LogP contribution in [0.25, 0.3) is 0 Å². The normalized spacial score (nSPS) is 13.7. The van der Waals surface area contributed by atoms with Gasteiger partial charge in [-0.3, -0.25) is 23.4 Å². The summed E-state index contributed by atoms with van der Waals surface area (Å²) in [5, 5.41) is 0. The SMILES string of the molecule is CCCCCC(=O)/C=C/C=C\CCCCCCCC(=O)OC[C@H](COP(=O)(O)OCC[N+](C)(C)C)OC(=O)CCCCCCCCc1oc(CCC)c(C)c1C. The van der Waals surface area contributed by atoms with Crippen LogP contribution in [0.3, 0.4) is 0 Å². The van der Waals surface area contributed by atoms with Crippen LogP contribution in [-0.2, 0) is 50.3 Å². The number of nitrogens with zero attached hydrogens (tertiary/aromatic N) is 1. The lowest BCUT2D eigenvalue weighted by atomic mass is 10.0. The van der Waals surface area contributed by atoms with Gasteiger partial charge in [0, 0.05) is 32.1 Å². The van der Waals surface area contributed by atoms with Crippen LogP contribution in [0.4, 0.5) is 0 Å². The number of rotatable bonds is 35. The molecule has 0 radical (unpaired) electrons. The van der Waals surface area contributed by atoms with Crippen molar-refractivity contribution in [3.63, 3.8) is 0 Å². The second kappa shape index (κ2) is 30.5. The third-order valence-corrected chi connectivity index (χ3v) is 10.6. The van der Waals surface area contributed by atoms with Crippen molar-refractivity contribution in [1.82, 2.24) is 0 Å². The predicted octanol–water partition coefficient (Wildman–Crippen LogP) is 10.4. The Morgan fingerprint density at radius 2 is 1.30 bits per heavy atom. The van der Waals surface area contributed by atoms with Crippen molar-refractivity contribution in [2.45, 2.75) is 169 Å². The van der Waals surface area contributed by atoms with Gasteiger partial charge in [-0.1, -0.05) is 89.9 Å². The summed E-state index contributed by atoms with van der Waals surface area (Å²) in [6.45, 7) is 8.36. The molecule has 0 bridgehead atoms. The highest BCUT2D eigenvalue weighted by Gasteiger charge is 2.27. The van der Waals surface area contributed by atoms with E-state index in [9.17, 15) is 23.8 Å². The van der Waals surface area contributed by atoms with E-state index in [0.29, 0.717) is 30.3 Å². The van der Waals surface area contributed by atoms with Gasteiger partial charge in [0.2, 0.25) is 0 Å². The quantitative estimate of drug-likeness (QED) is 0.0176. The number of unbranched alkanes of at least 4 members (excludes halogenated alkanes) is 12. The minimum Gasteiger partial charge on any atom is -0.466 e. The van der Waals surface area contributed by atoms with Gasteiger partial charge < -0.3 is 23.3 Å². The van der Waals surface area contributed by atoms with E-state index in [4.69, 9.17) is 22.9 Å². The van der Waals surface area contributed by atoms with E-state index in [1.807, 2.05) is 33.3 Å². The lowest BCUT2D eigenvalue weighted by Crippen LogP contribution is -2.37. The summed E-state index contributed by atoms with van der Waals surface area (Å²) in [6.07, 6.45) is 24.9. The van der Waals surface area contributed by atoms with E-state index in [2.05, 4.69) is 33.8 Å². The van der Waals surface area contributed by atoms with Gasteiger partial charge in [-0.05, 0) is 76.0 Å². The van der Waals surface area contributed by atoms with Gasteiger partial charge in [0.15, 0.2) is 11.9 Å². The fourth-order valence-corrected chi connectivity index (χ4v) is 6.72. The third-order valence-electron chi connectivity index (χ3n) is 9.63. The molecule has 1 N–H and O–H groups in total. The molecule has 0 amide bonds. The van der Waals surface area contributed by atoms with Gasteiger partial charge in [-0.2, -0.15) is 0 Å². The number of esters is 2. The second-order valence-electron chi connectivity index (χ2n) is 16.0. The number of hydrogen-bond acceptors (Lipinski definition) is 9. The molecule has 1 aromatic heterocycles. The first kappa shape index (κ1) is 51.5. The first-order valence-electron chi connectivity index (χ1n) is 21.4. The molecule has 2 atom stereocenters. The number of carbonyl (C=O) groups excluding carboxylic acids is 3. The van der Waals surface area contributed by atoms with Crippen LogP contribution in [0.5, 0.6) is 0 Å². The van der Waals surface area contributed by atoms with E-state index in [1.54, 1.807) is 6.08 Å². The van der Waals surface area contributed by atoms with E-state index >= 15 is 0 Å². The van der Waals surface area contributed by atoms with E-state index < -0.39 is 32.5 Å². The van der Waals surface area contributed by atoms with Crippen molar-refractivity contribution >= 4 is 25.5 Å². The maximum Gasteiger partial charge on any atom is 0.472 e. The molecular weight excluding hydrogens is 733 g/mol. The van der Waals surface area contributed by atoms with Crippen LogP contribution < -0.4 is 0 Å². The van der Waals surface area contributed by atoms with Crippen molar-refractivity contribution in [2.75, 3.05) is 47.5 Å². The molecule has 0 saturated heterocycles. The Labute approximate surface area is 339 Å². The van der Waals surface area contributed by atoms with Crippen molar-refractivity contribution in [3.8, 4) is 0 Å². The zero-order valence-corrected chi connectivity index (χ0v) is 37.0. The number of quaternary nitrogens is 1. The van der Waals surface area contributed by atoms with Gasteiger partial charge in [-0.25, -0.2) is 4.57 Å². The van der Waals surface area contributed by atoms with Crippen LogP contribution >= 0.6 is 7.82 Å². The molecule has 0 aliphatic rings. The molecule has 56 heavy (non-hydrogen) atoms. The standard InChI is InChI=1S/C44H76NO10P/c1-8-10-22-28-39(46)29-23-18-14-12-11-13-15-20-25-31-43(47)51-35-40(36-53-56(49,50)52-34-33-45(5,6)7)54-44(48)32-26-21-17-16-19-24-30-42-38(4)37(3)41(55-42)27-9-2/h14,18,23,29,40H,8-13,15-17,19-22,24-28,30-36H2,1-7H3/p+1/b18-14-,29-23+/t40-/m1/s1. The number of ketones is 1. The zero-order chi connectivity index (χ0) is 41.7. The fraction of sp³-hybridized carbons (Fsp3) is 0.750. The molecule has 11 nitrogen and oxygen atoms in total. The molecular formula is C44H77NO10P+. The van der Waals surface area contributed by atoms with Gasteiger partial charge in [0.25, 0.3) is 0 Å². The molecule has 0 aliphatic heterocycles. The highest BCUT2D eigenvalue weighted by Crippen LogP contribution is 2.43. The minimum absolute atomic E-state index is 0.00817. The van der Waals surface area contributed by atoms with Crippen molar-refractivity contribution in [2.24, 2.45) is 0 Å². The maximum absolute atomic E-state index is 12.7. The molecule has 0 fully saturated rings. The van der Waals surface area contributed by atoms with Gasteiger partial charge in [-0.15, -0.1) is 0 Å². The summed E-state index contributed by atoms with van der Waals surface area (Å²) in [4.78, 5) is 47.2. The van der Waals surface area contributed by atoms with Crippen LogP contribution in [0, 0.1) is 13.8 Å². The molecule has 0 saturated carbocycles. The average molecular weight is 811 g/mol. The number of carbonyl (C=O) groups is 3. The Bertz CT molecular complexity index is 1350. The van der Waals surface area contributed by atoms with Gasteiger partial charge in [0.1, 0.15) is 31.3 Å². The molecule has 0 spiro atoms. The largest absolute Gasteiger partial charge is 0.472 e. The number of ether oxygens (including phenoxy) is 2. The van der Waals surface area contributed by atoms with Crippen LogP contribution in [-0.4, -0.2) is 80.7 Å². The molecule has 0 aliphatic carbocycles. The highest BCUT2D eigenvalue weighted by molar-refractivity contribution is 7.47. The summed E-state index contributed by atoms with van der Waals surface area (Å²) in [5.41, 5.74) is 2.56. The van der Waals surface area contributed by atoms with E-state index in [0.717, 1.165) is 114 Å². The lowest BCUT2D eigenvalue weighted by molar-refractivity contribution is -0.870. The maximum atomic E-state index is 12.7. The first-order valence-corrected chi connectivity index (χ1v) is 22.9. The first-order chi connectivity index (χ1) is 26.7. The Kier molecular flexibility index (Phi) is 28.0. The predicted molar refractivity (Wildman–Crippen MR) is 223 cm³/mol. The number of likely N-dealkylation sites (N-methyl/N-ethyl adjacent to an activating group) is 1. The monoisotopic (exact) mass is 811 g/mol. The molecule has 322 valence electrons. The molecule has 1 unspecified atom stereocenters. The summed E-state index contributed by atoms with van der Waals surface area (Å²) < 4.78 is 40.4. The molecule has 12 heteroatoms. The van der Waals surface area contributed by atoms with Crippen molar-refractivity contribution in [1.29, 1.82) is 0 Å². The summed E-state index contributed by atoms with van der Waals surface area (Å²) >= 11 is 0. The smallest absolute Gasteiger partial charge is 0.466 e. The Balaban J connectivity index is 2.40. The van der Waals surface area contributed by atoms with E-state index in [-0.39, 0.29) is 31.8 Å². The number of allylic oxidation sites excluding steroid dienone is 4. The Morgan fingerprint density at radius 1 is 0.714 bits per heavy atom. The summed E-state index contributed by atoms with van der Waals surface area (Å²) in [6, 6.07) is 0. The van der Waals surface area contributed by atoms with Crippen LogP contribution in [0.2, 0.25) is 0 Å². The zero-order valence-electron chi connectivity index (χ0n) is 36.1. The second-order valence-corrected chi connectivity index (χ2v) is 17.4. The number of aryl methyl sites for hydroxylation is 2. The average Bonchev–Trinajstić information content (AvgIpc) is 3.40. The van der Waals surface area contributed by atoms with Gasteiger partial charge in [0.05, 0.1) is 27.7 Å². The highest BCUT2D eigenvalue weighted by atomic mass is 31.2. The minimum atomic E-state index is -4.41. The van der Waals surface area contributed by atoms with Gasteiger partial charge >= 0.3 is 19.8 Å². The molecule has 1 heterocycles.